The zero-order valence-electron chi connectivity index (χ0n) is 9.40. The molecule has 0 saturated carbocycles. The minimum Gasteiger partial charge on any atom is -0.396 e. The predicted molar refractivity (Wildman–Crippen MR) is 63.6 cm³/mol. The fourth-order valence-corrected chi connectivity index (χ4v) is 1.83. The van der Waals surface area contributed by atoms with E-state index < -0.39 is 9.84 Å². The fraction of sp³-hybridized carbons (Fsp3) is 0.100. The molecule has 2 heterocycles. The smallest absolute Gasteiger partial charge is 0.178 e. The molecule has 0 radical (unpaired) electrons. The topological polar surface area (TPSA) is 115 Å². The largest absolute Gasteiger partial charge is 0.396 e. The van der Waals surface area contributed by atoms with Crippen LogP contribution in [0.3, 0.4) is 0 Å². The molecule has 8 heteroatoms. The first-order chi connectivity index (χ1) is 8.41. The van der Waals surface area contributed by atoms with Gasteiger partial charge in [-0.05, 0) is 12.1 Å². The quantitative estimate of drug-likeness (QED) is 0.823. The Kier molecular flexibility index (Phi) is 2.76. The standard InChI is InChI=1S/C10H9N5O2S/c1-18(16,17)7-5-13-15(6-7)10-3-2-8(12)9(4-11)14-10/h2-3,5-6H,12H2,1H3. The number of hydrogen-bond donors (Lipinski definition) is 1. The van der Waals surface area contributed by atoms with Crippen molar-refractivity contribution in [1.82, 2.24) is 14.8 Å². The lowest BCUT2D eigenvalue weighted by atomic mass is 10.3. The lowest BCUT2D eigenvalue weighted by molar-refractivity contribution is 0.602. The van der Waals surface area contributed by atoms with Gasteiger partial charge in [-0.15, -0.1) is 0 Å². The van der Waals surface area contributed by atoms with Crippen molar-refractivity contribution in [3.63, 3.8) is 0 Å². The third-order valence-electron chi connectivity index (χ3n) is 2.24. The van der Waals surface area contributed by atoms with Gasteiger partial charge in [0.15, 0.2) is 21.3 Å². The van der Waals surface area contributed by atoms with Gasteiger partial charge < -0.3 is 5.73 Å². The van der Waals surface area contributed by atoms with Crippen molar-refractivity contribution in [2.75, 3.05) is 12.0 Å². The van der Waals surface area contributed by atoms with E-state index in [1.54, 1.807) is 6.07 Å². The van der Waals surface area contributed by atoms with E-state index in [-0.39, 0.29) is 16.3 Å². The Hall–Kier alpha value is -2.40. The number of anilines is 1. The van der Waals surface area contributed by atoms with Crippen LogP contribution < -0.4 is 5.73 Å². The molecule has 2 N–H and O–H groups in total. The monoisotopic (exact) mass is 263 g/mol. The average Bonchev–Trinajstić information content (AvgIpc) is 2.78. The molecule has 0 aliphatic carbocycles. The van der Waals surface area contributed by atoms with Gasteiger partial charge >= 0.3 is 0 Å². The Bertz CT molecular complexity index is 742. The number of nitrogens with zero attached hydrogens (tertiary/aromatic N) is 4. The maximum atomic E-state index is 11.3. The SMILES string of the molecule is CS(=O)(=O)c1cnn(-c2ccc(N)c(C#N)n2)c1. The highest BCUT2D eigenvalue weighted by molar-refractivity contribution is 7.90. The summed E-state index contributed by atoms with van der Waals surface area (Å²) in [6.07, 6.45) is 3.64. The molecule has 18 heavy (non-hydrogen) atoms. The van der Waals surface area contributed by atoms with Crippen LogP contribution in [0.25, 0.3) is 5.82 Å². The van der Waals surface area contributed by atoms with E-state index in [0.29, 0.717) is 5.82 Å². The molecule has 92 valence electrons. The summed E-state index contributed by atoms with van der Waals surface area (Å²) in [5.74, 6) is 0.329. The Labute approximate surface area is 103 Å². The molecule has 0 fully saturated rings. The van der Waals surface area contributed by atoms with Crippen molar-refractivity contribution >= 4 is 15.5 Å². The van der Waals surface area contributed by atoms with E-state index in [1.165, 1.54) is 23.1 Å². The van der Waals surface area contributed by atoms with Crippen LogP contribution in [0, 0.1) is 11.3 Å². The van der Waals surface area contributed by atoms with Crippen molar-refractivity contribution in [2.45, 2.75) is 4.90 Å². The summed E-state index contributed by atoms with van der Waals surface area (Å²) in [6.45, 7) is 0. The van der Waals surface area contributed by atoms with Crippen LogP contribution in [0.4, 0.5) is 5.69 Å². The first-order valence-electron chi connectivity index (χ1n) is 4.83. The third-order valence-corrected chi connectivity index (χ3v) is 3.31. The number of nitrogens with two attached hydrogens (primary N) is 1. The maximum absolute atomic E-state index is 11.3. The van der Waals surface area contributed by atoms with Crippen LogP contribution in [0.15, 0.2) is 29.4 Å². The Balaban J connectivity index is 2.51. The van der Waals surface area contributed by atoms with Crippen LogP contribution in [0.5, 0.6) is 0 Å². The lowest BCUT2D eigenvalue weighted by Gasteiger charge is -2.01. The van der Waals surface area contributed by atoms with Crippen LogP contribution in [0.1, 0.15) is 5.69 Å². The van der Waals surface area contributed by atoms with Gasteiger partial charge in [-0.1, -0.05) is 0 Å². The molecule has 0 spiro atoms. The van der Waals surface area contributed by atoms with Crippen molar-refractivity contribution < 1.29 is 8.42 Å². The van der Waals surface area contributed by atoms with E-state index in [1.807, 2.05) is 6.07 Å². The number of aromatic nitrogens is 3. The molecule has 2 rings (SSSR count). The predicted octanol–water partition coefficient (Wildman–Crippen LogP) is 0.125. The first-order valence-corrected chi connectivity index (χ1v) is 6.72. The normalized spacial score (nSPS) is 11.1. The van der Waals surface area contributed by atoms with Gasteiger partial charge in [0.2, 0.25) is 0 Å². The first kappa shape index (κ1) is 12.1. The van der Waals surface area contributed by atoms with Gasteiger partial charge in [-0.3, -0.25) is 0 Å². The van der Waals surface area contributed by atoms with Crippen LogP contribution >= 0.6 is 0 Å². The third kappa shape index (κ3) is 2.16. The van der Waals surface area contributed by atoms with Crippen molar-refractivity contribution in [3.05, 3.63) is 30.2 Å². The van der Waals surface area contributed by atoms with E-state index in [4.69, 9.17) is 11.0 Å². The summed E-state index contributed by atoms with van der Waals surface area (Å²) in [5, 5.41) is 12.7. The molecular weight excluding hydrogens is 254 g/mol. The molecule has 0 aliphatic rings. The highest BCUT2D eigenvalue weighted by atomic mass is 32.2. The second-order valence-electron chi connectivity index (χ2n) is 3.61. The zero-order valence-corrected chi connectivity index (χ0v) is 10.2. The summed E-state index contributed by atoms with van der Waals surface area (Å²) in [5.41, 5.74) is 5.88. The van der Waals surface area contributed by atoms with Gasteiger partial charge in [-0.2, -0.15) is 10.4 Å². The average molecular weight is 263 g/mol. The lowest BCUT2D eigenvalue weighted by Crippen LogP contribution is -2.02. The van der Waals surface area contributed by atoms with E-state index in [9.17, 15) is 8.42 Å². The van der Waals surface area contributed by atoms with Crippen LogP contribution in [-0.2, 0) is 9.84 Å². The molecule has 0 unspecified atom stereocenters. The second kappa shape index (κ2) is 4.12. The molecule has 0 aromatic carbocycles. The summed E-state index contributed by atoms with van der Waals surface area (Å²) in [6, 6.07) is 4.91. The minimum absolute atomic E-state index is 0.0731. The van der Waals surface area contributed by atoms with E-state index >= 15 is 0 Å². The zero-order chi connectivity index (χ0) is 13.3. The van der Waals surface area contributed by atoms with Gasteiger partial charge in [0.25, 0.3) is 0 Å². The maximum Gasteiger partial charge on any atom is 0.178 e. The summed E-state index contributed by atoms with van der Waals surface area (Å²) >= 11 is 0. The van der Waals surface area contributed by atoms with Crippen molar-refractivity contribution in [3.8, 4) is 11.9 Å². The van der Waals surface area contributed by atoms with Gasteiger partial charge in [0.05, 0.1) is 18.1 Å². The Morgan fingerprint density at radius 3 is 2.72 bits per heavy atom. The molecule has 7 nitrogen and oxygen atoms in total. The number of rotatable bonds is 2. The van der Waals surface area contributed by atoms with Crippen LogP contribution in [-0.4, -0.2) is 29.4 Å². The number of nitriles is 1. The number of sulfone groups is 1. The second-order valence-corrected chi connectivity index (χ2v) is 5.63. The minimum atomic E-state index is -3.31. The van der Waals surface area contributed by atoms with E-state index in [2.05, 4.69) is 10.1 Å². The van der Waals surface area contributed by atoms with Gasteiger partial charge in [0, 0.05) is 6.26 Å². The number of hydrogen-bond acceptors (Lipinski definition) is 6. The highest BCUT2D eigenvalue weighted by Gasteiger charge is 2.12. The summed E-state index contributed by atoms with van der Waals surface area (Å²) < 4.78 is 23.9. The highest BCUT2D eigenvalue weighted by Crippen LogP contribution is 2.14. The van der Waals surface area contributed by atoms with Crippen LogP contribution in [0.2, 0.25) is 0 Å². The summed E-state index contributed by atoms with van der Waals surface area (Å²) in [7, 11) is -3.31. The summed E-state index contributed by atoms with van der Waals surface area (Å²) in [4.78, 5) is 4.06. The molecule has 0 atom stereocenters. The van der Waals surface area contributed by atoms with Gasteiger partial charge in [0.1, 0.15) is 11.0 Å². The Morgan fingerprint density at radius 1 is 1.44 bits per heavy atom. The molecule has 0 aliphatic heterocycles. The number of pyridine rings is 1. The molecule has 2 aromatic rings. The van der Waals surface area contributed by atoms with Gasteiger partial charge in [-0.25, -0.2) is 18.1 Å². The molecule has 0 saturated heterocycles. The molecule has 0 amide bonds. The fourth-order valence-electron chi connectivity index (χ4n) is 1.30. The van der Waals surface area contributed by atoms with Crippen molar-refractivity contribution in [2.24, 2.45) is 0 Å². The molecule has 0 bridgehead atoms. The molecular formula is C10H9N5O2S. The van der Waals surface area contributed by atoms with E-state index in [0.717, 1.165) is 6.26 Å². The Morgan fingerprint density at radius 2 is 2.17 bits per heavy atom. The van der Waals surface area contributed by atoms with Crippen molar-refractivity contribution in [1.29, 1.82) is 5.26 Å². The molecule has 2 aromatic heterocycles. The number of nitrogen functional groups attached to an aromatic ring is 1.